The van der Waals surface area contributed by atoms with E-state index in [0.717, 1.165) is 0 Å². The van der Waals surface area contributed by atoms with Crippen molar-refractivity contribution < 1.29 is 4.39 Å². The van der Waals surface area contributed by atoms with E-state index in [9.17, 15) is 4.39 Å². The molecule has 94 valence electrons. The predicted octanol–water partition coefficient (Wildman–Crippen LogP) is 4.96. The van der Waals surface area contributed by atoms with Gasteiger partial charge in [-0.15, -0.1) is 0 Å². The van der Waals surface area contributed by atoms with Crippen molar-refractivity contribution in [3.63, 3.8) is 0 Å². The monoisotopic (exact) mass is 266 g/mol. The zero-order chi connectivity index (χ0) is 13.3. The Morgan fingerprint density at radius 1 is 0.941 bits per heavy atom. The van der Waals surface area contributed by atoms with Gasteiger partial charge in [0.1, 0.15) is 5.82 Å². The number of benzene rings is 1. The topological polar surface area (TPSA) is 0 Å². The molecule has 0 heterocycles. The maximum Gasteiger partial charge on any atom is 0.123 e. The van der Waals surface area contributed by atoms with Crippen molar-refractivity contribution >= 4 is 21.3 Å². The largest absolute Gasteiger partial charge is 0.207 e. The Balaban J connectivity index is 3.26. The van der Waals surface area contributed by atoms with Crippen molar-refractivity contribution in [1.29, 1.82) is 0 Å². The van der Waals surface area contributed by atoms with Crippen LogP contribution in [0.5, 0.6) is 0 Å². The molecule has 1 aromatic carbocycles. The maximum absolute atomic E-state index is 13.0. The third kappa shape index (κ3) is 4.60. The molecular weight excluding hydrogens is 243 g/mol. The van der Waals surface area contributed by atoms with Crippen molar-refractivity contribution in [3.8, 4) is 0 Å². The van der Waals surface area contributed by atoms with Gasteiger partial charge in [0.2, 0.25) is 0 Å². The first-order valence-electron chi connectivity index (χ1n) is 6.09. The van der Waals surface area contributed by atoms with Gasteiger partial charge in [-0.05, 0) is 17.7 Å². The van der Waals surface area contributed by atoms with Crippen LogP contribution in [0.1, 0.15) is 5.56 Å². The standard InChI is InChI=1S/C14H23FSi2/c1-16(2,3)11-14(17(4,5)6)12-7-9-13(15)10-8-12/h7-11H,1-6H3/b14-11-. The molecule has 0 aliphatic rings. The van der Waals surface area contributed by atoms with Crippen LogP contribution in [-0.4, -0.2) is 16.1 Å². The molecule has 0 fully saturated rings. The quantitative estimate of drug-likeness (QED) is 0.678. The number of hydrogen-bond acceptors (Lipinski definition) is 0. The van der Waals surface area contributed by atoms with Crippen LogP contribution in [0.15, 0.2) is 30.0 Å². The van der Waals surface area contributed by atoms with Crippen LogP contribution in [-0.2, 0) is 0 Å². The molecule has 0 aliphatic heterocycles. The van der Waals surface area contributed by atoms with E-state index in [-0.39, 0.29) is 5.82 Å². The smallest absolute Gasteiger partial charge is 0.123 e. The third-order valence-corrected chi connectivity index (χ3v) is 6.03. The van der Waals surface area contributed by atoms with E-state index in [4.69, 9.17) is 0 Å². The first-order valence-corrected chi connectivity index (χ1v) is 13.2. The fraction of sp³-hybridized carbons (Fsp3) is 0.429. The molecule has 0 aliphatic carbocycles. The summed E-state index contributed by atoms with van der Waals surface area (Å²) in [6.07, 6.45) is 0. The molecular formula is C14H23FSi2. The van der Waals surface area contributed by atoms with Crippen LogP contribution >= 0.6 is 0 Å². The minimum absolute atomic E-state index is 0.156. The summed E-state index contributed by atoms with van der Waals surface area (Å²) in [6.45, 7) is 14.1. The molecule has 3 heteroatoms. The van der Waals surface area contributed by atoms with Gasteiger partial charge in [-0.2, -0.15) is 0 Å². The summed E-state index contributed by atoms with van der Waals surface area (Å²) in [5.41, 5.74) is 3.68. The highest BCUT2D eigenvalue weighted by atomic mass is 28.3. The fourth-order valence-corrected chi connectivity index (χ4v) is 6.89. The molecule has 0 atom stereocenters. The minimum atomic E-state index is -1.38. The molecule has 0 unspecified atom stereocenters. The normalized spacial score (nSPS) is 13.9. The summed E-state index contributed by atoms with van der Waals surface area (Å²) in [7, 11) is -2.63. The minimum Gasteiger partial charge on any atom is -0.207 e. The zero-order valence-corrected chi connectivity index (χ0v) is 13.8. The number of halogens is 1. The second kappa shape index (κ2) is 4.90. The SMILES string of the molecule is C[Si](C)(C)/C=C(/c1ccc(F)cc1)[Si](C)(C)C. The van der Waals surface area contributed by atoms with Crippen LogP contribution in [0.2, 0.25) is 39.3 Å². The van der Waals surface area contributed by atoms with E-state index in [1.807, 2.05) is 12.1 Å². The molecule has 0 N–H and O–H groups in total. The Morgan fingerprint density at radius 2 is 1.41 bits per heavy atom. The van der Waals surface area contributed by atoms with Crippen LogP contribution in [0.3, 0.4) is 0 Å². The Kier molecular flexibility index (Phi) is 4.15. The molecule has 0 amide bonds. The molecule has 0 aromatic heterocycles. The van der Waals surface area contributed by atoms with Crippen molar-refractivity contribution in [2.24, 2.45) is 0 Å². The highest BCUT2D eigenvalue weighted by molar-refractivity contribution is 6.96. The first-order chi connectivity index (χ1) is 7.59. The summed E-state index contributed by atoms with van der Waals surface area (Å²) < 4.78 is 13.0. The first kappa shape index (κ1) is 14.4. The number of rotatable bonds is 3. The van der Waals surface area contributed by atoms with E-state index in [1.54, 1.807) is 12.1 Å². The Bertz CT molecular complexity index is 405. The van der Waals surface area contributed by atoms with E-state index in [0.29, 0.717) is 0 Å². The summed E-state index contributed by atoms with van der Waals surface area (Å²) in [5, 5.41) is 1.47. The lowest BCUT2D eigenvalue weighted by Gasteiger charge is -2.25. The van der Waals surface area contributed by atoms with Gasteiger partial charge < -0.3 is 0 Å². The maximum atomic E-state index is 13.0. The molecule has 1 aromatic rings. The van der Waals surface area contributed by atoms with Crippen LogP contribution in [0.25, 0.3) is 5.20 Å². The molecule has 1 rings (SSSR count). The second-order valence-corrected chi connectivity index (χ2v) is 16.7. The molecule has 0 nitrogen and oxygen atoms in total. The van der Waals surface area contributed by atoms with E-state index in [1.165, 1.54) is 10.8 Å². The molecule has 0 saturated heterocycles. The zero-order valence-electron chi connectivity index (χ0n) is 11.8. The fourth-order valence-electron chi connectivity index (χ4n) is 1.80. The Labute approximate surface area is 107 Å². The summed E-state index contributed by atoms with van der Waals surface area (Å²) >= 11 is 0. The second-order valence-electron chi connectivity index (χ2n) is 6.68. The molecule has 0 saturated carbocycles. The molecule has 17 heavy (non-hydrogen) atoms. The van der Waals surface area contributed by atoms with E-state index < -0.39 is 16.1 Å². The van der Waals surface area contributed by atoms with Crippen molar-refractivity contribution in [2.75, 3.05) is 0 Å². The Morgan fingerprint density at radius 3 is 1.76 bits per heavy atom. The highest BCUT2D eigenvalue weighted by Crippen LogP contribution is 2.28. The number of hydrogen-bond donors (Lipinski definition) is 0. The summed E-state index contributed by atoms with van der Waals surface area (Å²) in [6, 6.07) is 6.96. The van der Waals surface area contributed by atoms with Gasteiger partial charge in [0.15, 0.2) is 0 Å². The van der Waals surface area contributed by atoms with Crippen LogP contribution < -0.4 is 0 Å². The Hall–Kier alpha value is -0.676. The summed E-state index contributed by atoms with van der Waals surface area (Å²) in [5.74, 6) is -0.156. The van der Waals surface area contributed by atoms with Gasteiger partial charge in [-0.25, -0.2) is 4.39 Å². The molecule has 0 radical (unpaired) electrons. The average molecular weight is 267 g/mol. The lowest BCUT2D eigenvalue weighted by Crippen LogP contribution is -2.27. The van der Waals surface area contributed by atoms with E-state index >= 15 is 0 Å². The molecule has 0 bridgehead atoms. The van der Waals surface area contributed by atoms with Crippen LogP contribution in [0.4, 0.5) is 4.39 Å². The lowest BCUT2D eigenvalue weighted by atomic mass is 10.2. The predicted molar refractivity (Wildman–Crippen MR) is 81.1 cm³/mol. The van der Waals surface area contributed by atoms with Crippen LogP contribution in [0, 0.1) is 5.82 Å². The third-order valence-electron chi connectivity index (χ3n) is 2.54. The summed E-state index contributed by atoms with van der Waals surface area (Å²) in [4.78, 5) is 0. The molecule has 0 spiro atoms. The van der Waals surface area contributed by atoms with E-state index in [2.05, 4.69) is 45.0 Å². The highest BCUT2D eigenvalue weighted by Gasteiger charge is 2.23. The van der Waals surface area contributed by atoms with Crippen molar-refractivity contribution in [3.05, 3.63) is 41.3 Å². The van der Waals surface area contributed by atoms with Gasteiger partial charge in [-0.3, -0.25) is 0 Å². The lowest BCUT2D eigenvalue weighted by molar-refractivity contribution is 0.627. The van der Waals surface area contributed by atoms with Gasteiger partial charge in [0.05, 0.1) is 16.1 Å². The van der Waals surface area contributed by atoms with Gasteiger partial charge in [0.25, 0.3) is 0 Å². The van der Waals surface area contributed by atoms with Crippen molar-refractivity contribution in [2.45, 2.75) is 39.3 Å². The average Bonchev–Trinajstić information content (AvgIpc) is 2.13. The van der Waals surface area contributed by atoms with Crippen molar-refractivity contribution in [1.82, 2.24) is 0 Å². The van der Waals surface area contributed by atoms with Gasteiger partial charge in [0, 0.05) is 0 Å². The van der Waals surface area contributed by atoms with Gasteiger partial charge in [-0.1, -0.05) is 62.3 Å². The van der Waals surface area contributed by atoms with Gasteiger partial charge >= 0.3 is 0 Å².